The first-order valence-corrected chi connectivity index (χ1v) is 9.93. The quantitative estimate of drug-likeness (QED) is 0.762. The van der Waals surface area contributed by atoms with Crippen LogP contribution in [-0.2, 0) is 4.79 Å². The van der Waals surface area contributed by atoms with Crippen LogP contribution in [-0.4, -0.2) is 50.2 Å². The number of ether oxygens (including phenoxy) is 2. The third kappa shape index (κ3) is 4.58. The minimum absolute atomic E-state index is 0.0788. The van der Waals surface area contributed by atoms with E-state index in [4.69, 9.17) is 9.47 Å². The Hall–Kier alpha value is -2.69. The van der Waals surface area contributed by atoms with Gasteiger partial charge in [-0.25, -0.2) is 0 Å². The Kier molecular flexibility index (Phi) is 6.45. The van der Waals surface area contributed by atoms with Gasteiger partial charge in [-0.15, -0.1) is 0 Å². The Bertz CT molecular complexity index is 796. The maximum Gasteiger partial charge on any atom is 0.263 e. The summed E-state index contributed by atoms with van der Waals surface area (Å²) in [5.41, 5.74) is 3.56. The van der Waals surface area contributed by atoms with Crippen molar-refractivity contribution in [2.75, 3.05) is 38.2 Å². The van der Waals surface area contributed by atoms with E-state index < -0.39 is 6.10 Å². The summed E-state index contributed by atoms with van der Waals surface area (Å²) in [5, 5.41) is 0. The number of piperazine rings is 1. The van der Waals surface area contributed by atoms with Gasteiger partial charge in [0.15, 0.2) is 6.10 Å². The predicted octanol–water partition coefficient (Wildman–Crippen LogP) is 3.82. The second-order valence-corrected chi connectivity index (χ2v) is 7.27. The zero-order chi connectivity index (χ0) is 20.1. The summed E-state index contributed by atoms with van der Waals surface area (Å²) in [5.74, 6) is 1.70. The van der Waals surface area contributed by atoms with Crippen LogP contribution in [0.25, 0.3) is 0 Å². The number of amides is 1. The second-order valence-electron chi connectivity index (χ2n) is 7.27. The topological polar surface area (TPSA) is 42.0 Å². The number of carbonyl (C=O) groups is 1. The number of benzene rings is 2. The number of rotatable bonds is 6. The minimum Gasteiger partial charge on any atom is -0.497 e. The van der Waals surface area contributed by atoms with Crippen molar-refractivity contribution in [2.45, 2.75) is 33.3 Å². The zero-order valence-corrected chi connectivity index (χ0v) is 17.3. The van der Waals surface area contributed by atoms with Gasteiger partial charge in [-0.3, -0.25) is 4.79 Å². The summed E-state index contributed by atoms with van der Waals surface area (Å²) in [4.78, 5) is 17.2. The van der Waals surface area contributed by atoms with Gasteiger partial charge in [0.2, 0.25) is 0 Å². The van der Waals surface area contributed by atoms with E-state index in [2.05, 4.69) is 30.9 Å². The van der Waals surface area contributed by atoms with Gasteiger partial charge < -0.3 is 19.3 Å². The molecule has 1 heterocycles. The van der Waals surface area contributed by atoms with E-state index in [0.717, 1.165) is 30.3 Å². The Balaban J connectivity index is 1.58. The highest BCUT2D eigenvalue weighted by Gasteiger charge is 2.28. The maximum absolute atomic E-state index is 13.0. The van der Waals surface area contributed by atoms with Crippen LogP contribution in [0.4, 0.5) is 5.69 Å². The third-order valence-corrected chi connectivity index (χ3v) is 5.43. The molecule has 0 aliphatic carbocycles. The third-order valence-electron chi connectivity index (χ3n) is 5.43. The molecule has 0 saturated carbocycles. The molecule has 0 bridgehead atoms. The molecule has 1 amide bonds. The van der Waals surface area contributed by atoms with Crippen molar-refractivity contribution >= 4 is 11.6 Å². The summed E-state index contributed by atoms with van der Waals surface area (Å²) in [6, 6.07) is 14.1. The number of anilines is 1. The average Bonchev–Trinajstić information content (AvgIpc) is 2.74. The average molecular weight is 383 g/mol. The fourth-order valence-electron chi connectivity index (χ4n) is 3.44. The van der Waals surface area contributed by atoms with Crippen LogP contribution >= 0.6 is 0 Å². The smallest absolute Gasteiger partial charge is 0.263 e. The summed E-state index contributed by atoms with van der Waals surface area (Å²) in [6.07, 6.45) is 0.222. The van der Waals surface area contributed by atoms with Gasteiger partial charge in [0.25, 0.3) is 5.91 Å². The first-order valence-electron chi connectivity index (χ1n) is 9.93. The van der Waals surface area contributed by atoms with E-state index >= 15 is 0 Å². The highest BCUT2D eigenvalue weighted by molar-refractivity contribution is 5.81. The summed E-state index contributed by atoms with van der Waals surface area (Å²) in [6.45, 7) is 9.18. The van der Waals surface area contributed by atoms with E-state index in [9.17, 15) is 4.79 Å². The minimum atomic E-state index is -0.436. The van der Waals surface area contributed by atoms with Gasteiger partial charge in [-0.05, 0) is 67.8 Å². The standard InChI is InChI=1S/C23H30N2O3/c1-5-22(28-21-9-6-17(2)18(3)16-21)23(26)25-14-12-24(13-15-25)19-7-10-20(27-4)11-8-19/h6-11,16,22H,5,12-15H2,1-4H3. The van der Waals surface area contributed by atoms with E-state index in [1.807, 2.05) is 42.2 Å². The fourth-order valence-corrected chi connectivity index (χ4v) is 3.44. The number of carbonyl (C=O) groups excluding carboxylic acids is 1. The molecule has 5 heteroatoms. The lowest BCUT2D eigenvalue weighted by atomic mass is 10.1. The molecule has 5 nitrogen and oxygen atoms in total. The Morgan fingerprint density at radius 3 is 2.18 bits per heavy atom. The summed E-state index contributed by atoms with van der Waals surface area (Å²) < 4.78 is 11.3. The molecule has 0 N–H and O–H groups in total. The Morgan fingerprint density at radius 1 is 0.964 bits per heavy atom. The van der Waals surface area contributed by atoms with Crippen molar-refractivity contribution < 1.29 is 14.3 Å². The summed E-state index contributed by atoms with van der Waals surface area (Å²) >= 11 is 0. The van der Waals surface area contributed by atoms with Crippen LogP contribution in [0, 0.1) is 13.8 Å². The number of nitrogens with zero attached hydrogens (tertiary/aromatic N) is 2. The summed E-state index contributed by atoms with van der Waals surface area (Å²) in [7, 11) is 1.67. The van der Waals surface area contributed by atoms with Crippen LogP contribution in [0.3, 0.4) is 0 Å². The molecule has 1 saturated heterocycles. The van der Waals surface area contributed by atoms with Gasteiger partial charge in [0, 0.05) is 31.9 Å². The molecule has 2 aromatic rings. The number of hydrogen-bond acceptors (Lipinski definition) is 4. The highest BCUT2D eigenvalue weighted by Crippen LogP contribution is 2.22. The molecule has 150 valence electrons. The number of hydrogen-bond donors (Lipinski definition) is 0. The lowest BCUT2D eigenvalue weighted by molar-refractivity contribution is -0.139. The molecule has 3 rings (SSSR count). The second kappa shape index (κ2) is 9.00. The van der Waals surface area contributed by atoms with Gasteiger partial charge in [0.1, 0.15) is 11.5 Å². The number of aryl methyl sites for hydroxylation is 2. The Labute approximate surface area is 167 Å². The van der Waals surface area contributed by atoms with E-state index in [0.29, 0.717) is 19.5 Å². The van der Waals surface area contributed by atoms with Gasteiger partial charge in [-0.2, -0.15) is 0 Å². The fraction of sp³-hybridized carbons (Fsp3) is 0.435. The molecule has 1 atom stereocenters. The van der Waals surface area contributed by atoms with Crippen LogP contribution in [0.5, 0.6) is 11.5 Å². The van der Waals surface area contributed by atoms with Crippen molar-refractivity contribution in [1.82, 2.24) is 4.90 Å². The molecule has 1 fully saturated rings. The predicted molar refractivity (Wildman–Crippen MR) is 112 cm³/mol. The van der Waals surface area contributed by atoms with Crippen molar-refractivity contribution in [1.29, 1.82) is 0 Å². The Morgan fingerprint density at radius 2 is 1.61 bits per heavy atom. The van der Waals surface area contributed by atoms with Gasteiger partial charge >= 0.3 is 0 Å². The first kappa shape index (κ1) is 20.1. The largest absolute Gasteiger partial charge is 0.497 e. The van der Waals surface area contributed by atoms with E-state index in [1.54, 1.807) is 7.11 Å². The molecule has 0 spiro atoms. The number of methoxy groups -OCH3 is 1. The first-order chi connectivity index (χ1) is 13.5. The normalized spacial score (nSPS) is 15.3. The zero-order valence-electron chi connectivity index (χ0n) is 17.3. The van der Waals surface area contributed by atoms with Crippen molar-refractivity contribution in [3.63, 3.8) is 0 Å². The molecule has 28 heavy (non-hydrogen) atoms. The van der Waals surface area contributed by atoms with Crippen LogP contribution in [0.15, 0.2) is 42.5 Å². The van der Waals surface area contributed by atoms with Crippen LogP contribution < -0.4 is 14.4 Å². The van der Waals surface area contributed by atoms with Crippen molar-refractivity contribution in [3.8, 4) is 11.5 Å². The SMILES string of the molecule is CCC(Oc1ccc(C)c(C)c1)C(=O)N1CCN(c2ccc(OC)cc2)CC1. The molecule has 0 radical (unpaired) electrons. The lowest BCUT2D eigenvalue weighted by Crippen LogP contribution is -2.52. The van der Waals surface area contributed by atoms with Gasteiger partial charge in [0.05, 0.1) is 7.11 Å². The molecule has 1 aliphatic heterocycles. The van der Waals surface area contributed by atoms with Crippen molar-refractivity contribution in [3.05, 3.63) is 53.6 Å². The van der Waals surface area contributed by atoms with Crippen LogP contribution in [0.1, 0.15) is 24.5 Å². The monoisotopic (exact) mass is 382 g/mol. The molecular weight excluding hydrogens is 352 g/mol. The maximum atomic E-state index is 13.0. The van der Waals surface area contributed by atoms with E-state index in [-0.39, 0.29) is 5.91 Å². The molecule has 1 aliphatic rings. The molecule has 1 unspecified atom stereocenters. The van der Waals surface area contributed by atoms with Gasteiger partial charge in [-0.1, -0.05) is 13.0 Å². The van der Waals surface area contributed by atoms with E-state index in [1.165, 1.54) is 11.1 Å². The molecule has 2 aromatic carbocycles. The highest BCUT2D eigenvalue weighted by atomic mass is 16.5. The lowest BCUT2D eigenvalue weighted by Gasteiger charge is -2.37. The van der Waals surface area contributed by atoms with Crippen molar-refractivity contribution in [2.24, 2.45) is 0 Å². The molecule has 0 aromatic heterocycles. The molecular formula is C23H30N2O3. The van der Waals surface area contributed by atoms with Crippen LogP contribution in [0.2, 0.25) is 0 Å².